The zero-order chi connectivity index (χ0) is 10.2. The second-order valence-electron chi connectivity index (χ2n) is 2.78. The maximum Gasteiger partial charge on any atom is 0.407 e. The molecule has 0 saturated heterocycles. The monoisotopic (exact) mass is 274 g/mol. The van der Waals surface area contributed by atoms with Gasteiger partial charge in [0.25, 0.3) is 0 Å². The van der Waals surface area contributed by atoms with Crippen LogP contribution in [0, 0.1) is 0 Å². The van der Waals surface area contributed by atoms with Crippen LogP contribution in [0.1, 0.15) is 5.56 Å². The summed E-state index contributed by atoms with van der Waals surface area (Å²) in [6.45, 7) is 1.14. The molecule has 0 bridgehead atoms. The summed E-state index contributed by atoms with van der Waals surface area (Å²) in [7, 11) is 0. The van der Waals surface area contributed by atoms with Gasteiger partial charge < -0.3 is 15.8 Å². The van der Waals surface area contributed by atoms with Crippen LogP contribution in [0.3, 0.4) is 0 Å². The minimum atomic E-state index is -0.431. The molecule has 1 amide bonds. The van der Waals surface area contributed by atoms with E-state index in [1.165, 1.54) is 0 Å². The Morgan fingerprint density at radius 3 is 2.60 bits per heavy atom. The Morgan fingerprint density at radius 1 is 1.33 bits per heavy atom. The van der Waals surface area contributed by atoms with Gasteiger partial charge in [-0.25, -0.2) is 4.79 Å². The van der Waals surface area contributed by atoms with Gasteiger partial charge >= 0.3 is 6.09 Å². The number of carbonyl (C=O) groups is 1. The molecule has 0 unspecified atom stereocenters. The molecule has 0 aromatic heterocycles. The van der Waals surface area contributed by atoms with Crippen LogP contribution < -0.4 is 11.1 Å². The molecule has 0 atom stereocenters. The van der Waals surface area contributed by atoms with E-state index in [1.54, 1.807) is 0 Å². The molecule has 0 aliphatic carbocycles. The molecule has 84 valence electrons. The quantitative estimate of drug-likeness (QED) is 0.874. The molecule has 5 heteroatoms. The van der Waals surface area contributed by atoms with Crippen LogP contribution in [-0.4, -0.2) is 19.2 Å². The fourth-order valence-corrected chi connectivity index (χ4v) is 0.948. The number of nitrogens with two attached hydrogens (primary N) is 1. The highest BCUT2D eigenvalue weighted by molar-refractivity contribution is 8.93. The number of benzene rings is 1. The van der Waals surface area contributed by atoms with Crippen LogP contribution in [0.4, 0.5) is 4.79 Å². The van der Waals surface area contributed by atoms with E-state index in [1.807, 2.05) is 30.3 Å². The summed E-state index contributed by atoms with van der Waals surface area (Å²) in [4.78, 5) is 11.0. The summed E-state index contributed by atoms with van der Waals surface area (Å²) in [5.41, 5.74) is 6.18. The van der Waals surface area contributed by atoms with E-state index in [0.29, 0.717) is 13.1 Å². The van der Waals surface area contributed by atoms with Crippen molar-refractivity contribution in [3.05, 3.63) is 35.9 Å². The SMILES string of the molecule is Br.NCCNC(=O)OCc1ccccc1. The number of halogens is 1. The minimum absolute atomic E-state index is 0. The first-order valence-electron chi connectivity index (χ1n) is 4.47. The molecule has 0 aliphatic rings. The highest BCUT2D eigenvalue weighted by Crippen LogP contribution is 1.99. The van der Waals surface area contributed by atoms with E-state index in [-0.39, 0.29) is 23.6 Å². The van der Waals surface area contributed by atoms with Gasteiger partial charge in [-0.15, -0.1) is 17.0 Å². The van der Waals surface area contributed by atoms with Crippen molar-refractivity contribution >= 4 is 23.1 Å². The van der Waals surface area contributed by atoms with Crippen molar-refractivity contribution in [3.63, 3.8) is 0 Å². The third kappa shape index (κ3) is 6.09. The molecular weight excluding hydrogens is 260 g/mol. The maximum atomic E-state index is 11.0. The van der Waals surface area contributed by atoms with Crippen molar-refractivity contribution in [1.82, 2.24) is 5.32 Å². The van der Waals surface area contributed by atoms with Gasteiger partial charge in [-0.3, -0.25) is 0 Å². The Bertz CT molecular complexity index is 280. The van der Waals surface area contributed by atoms with E-state index in [0.717, 1.165) is 5.56 Å². The van der Waals surface area contributed by atoms with Crippen molar-refractivity contribution in [2.75, 3.05) is 13.1 Å². The minimum Gasteiger partial charge on any atom is -0.445 e. The predicted molar refractivity (Wildman–Crippen MR) is 64.0 cm³/mol. The molecule has 1 aromatic rings. The number of alkyl carbamates (subject to hydrolysis) is 1. The van der Waals surface area contributed by atoms with Crippen LogP contribution in [0.25, 0.3) is 0 Å². The molecule has 0 fully saturated rings. The van der Waals surface area contributed by atoms with Crippen LogP contribution in [-0.2, 0) is 11.3 Å². The maximum absolute atomic E-state index is 11.0. The van der Waals surface area contributed by atoms with Crippen molar-refractivity contribution < 1.29 is 9.53 Å². The Kier molecular flexibility index (Phi) is 7.67. The summed E-state index contributed by atoms with van der Waals surface area (Å²) >= 11 is 0. The summed E-state index contributed by atoms with van der Waals surface area (Å²) in [5.74, 6) is 0. The Labute approximate surface area is 99.6 Å². The number of amides is 1. The lowest BCUT2D eigenvalue weighted by atomic mass is 10.2. The summed E-state index contributed by atoms with van der Waals surface area (Å²) in [5, 5.41) is 2.52. The fraction of sp³-hybridized carbons (Fsp3) is 0.300. The predicted octanol–water partition coefficient (Wildman–Crippen LogP) is 1.45. The van der Waals surface area contributed by atoms with Crippen LogP contribution in [0.5, 0.6) is 0 Å². The van der Waals surface area contributed by atoms with Gasteiger partial charge in [-0.2, -0.15) is 0 Å². The van der Waals surface area contributed by atoms with Gasteiger partial charge in [-0.05, 0) is 5.56 Å². The number of ether oxygens (including phenoxy) is 1. The third-order valence-electron chi connectivity index (χ3n) is 1.63. The second kappa shape index (κ2) is 8.26. The lowest BCUT2D eigenvalue weighted by Crippen LogP contribution is -2.29. The highest BCUT2D eigenvalue weighted by atomic mass is 79.9. The topological polar surface area (TPSA) is 64.3 Å². The molecule has 0 spiro atoms. The lowest BCUT2D eigenvalue weighted by molar-refractivity contribution is 0.140. The first-order valence-corrected chi connectivity index (χ1v) is 4.47. The Balaban J connectivity index is 0.00000196. The van der Waals surface area contributed by atoms with Crippen molar-refractivity contribution in [1.29, 1.82) is 0 Å². The van der Waals surface area contributed by atoms with Gasteiger partial charge in [0.15, 0.2) is 0 Å². The van der Waals surface area contributed by atoms with E-state index in [4.69, 9.17) is 10.5 Å². The van der Waals surface area contributed by atoms with Gasteiger partial charge in [0.2, 0.25) is 0 Å². The molecule has 3 N–H and O–H groups in total. The zero-order valence-corrected chi connectivity index (χ0v) is 10.0. The van der Waals surface area contributed by atoms with Crippen molar-refractivity contribution in [2.45, 2.75) is 6.61 Å². The first kappa shape index (κ1) is 13.9. The molecular formula is C10H15BrN2O2. The third-order valence-corrected chi connectivity index (χ3v) is 1.63. The highest BCUT2D eigenvalue weighted by Gasteiger charge is 1.99. The van der Waals surface area contributed by atoms with E-state index < -0.39 is 6.09 Å². The van der Waals surface area contributed by atoms with Gasteiger partial charge in [0.1, 0.15) is 6.61 Å². The molecule has 0 aliphatic heterocycles. The Hall–Kier alpha value is -1.07. The average molecular weight is 275 g/mol. The van der Waals surface area contributed by atoms with Crippen molar-refractivity contribution in [3.8, 4) is 0 Å². The summed E-state index contributed by atoms with van der Waals surface area (Å²) in [6, 6.07) is 9.51. The van der Waals surface area contributed by atoms with Crippen LogP contribution in [0.2, 0.25) is 0 Å². The standard InChI is InChI=1S/C10H14N2O2.BrH/c11-6-7-12-10(13)14-8-9-4-2-1-3-5-9;/h1-5H,6-8,11H2,(H,12,13);1H. The van der Waals surface area contributed by atoms with Crippen molar-refractivity contribution in [2.24, 2.45) is 5.73 Å². The Morgan fingerprint density at radius 2 is 2.00 bits per heavy atom. The molecule has 0 radical (unpaired) electrons. The van der Waals surface area contributed by atoms with Gasteiger partial charge in [-0.1, -0.05) is 30.3 Å². The molecule has 1 aromatic carbocycles. The molecule has 0 heterocycles. The first-order chi connectivity index (χ1) is 6.83. The number of rotatable bonds is 4. The normalized spacial score (nSPS) is 8.87. The number of carbonyl (C=O) groups excluding carboxylic acids is 1. The smallest absolute Gasteiger partial charge is 0.407 e. The second-order valence-corrected chi connectivity index (χ2v) is 2.78. The lowest BCUT2D eigenvalue weighted by Gasteiger charge is -2.05. The fourth-order valence-electron chi connectivity index (χ4n) is 0.948. The van der Waals surface area contributed by atoms with Gasteiger partial charge in [0.05, 0.1) is 0 Å². The zero-order valence-electron chi connectivity index (χ0n) is 8.31. The van der Waals surface area contributed by atoms with E-state index in [9.17, 15) is 4.79 Å². The van der Waals surface area contributed by atoms with E-state index >= 15 is 0 Å². The molecule has 0 saturated carbocycles. The molecule has 4 nitrogen and oxygen atoms in total. The van der Waals surface area contributed by atoms with E-state index in [2.05, 4.69) is 5.32 Å². The summed E-state index contributed by atoms with van der Waals surface area (Å²) in [6.07, 6.45) is -0.431. The molecule has 1 rings (SSSR count). The number of nitrogens with one attached hydrogen (secondary N) is 1. The molecule has 15 heavy (non-hydrogen) atoms. The summed E-state index contributed by atoms with van der Waals surface area (Å²) < 4.78 is 4.92. The van der Waals surface area contributed by atoms with Crippen LogP contribution in [0.15, 0.2) is 30.3 Å². The van der Waals surface area contributed by atoms with Gasteiger partial charge in [0, 0.05) is 13.1 Å². The number of hydrogen-bond donors (Lipinski definition) is 2. The largest absolute Gasteiger partial charge is 0.445 e. The number of hydrogen-bond acceptors (Lipinski definition) is 3. The average Bonchev–Trinajstić information content (AvgIpc) is 2.25. The van der Waals surface area contributed by atoms with Crippen LogP contribution >= 0.6 is 17.0 Å².